The molecule has 3 rings (SSSR count). The van der Waals surface area contributed by atoms with Crippen molar-refractivity contribution < 1.29 is 38.4 Å². The molecule has 0 saturated carbocycles. The third kappa shape index (κ3) is 14.5. The third-order valence-electron chi connectivity index (χ3n) is 11.0. The Hall–Kier alpha value is -5.23. The Morgan fingerprint density at radius 1 is 0.783 bits per heavy atom. The van der Waals surface area contributed by atoms with E-state index in [1.165, 1.54) is 18.8 Å². The monoisotopic (exact) mass is 853 g/mol. The van der Waals surface area contributed by atoms with Gasteiger partial charge in [0.15, 0.2) is 0 Å². The molecule has 1 aliphatic heterocycles. The SMILES string of the molecule is CCC(C)C1NC(=O)C(Cc2ccc3ccccc3c2)NC(=O)CCSCCC(C(=O)N(C)C(CCCN)C(N)=O)NC(=O)C(CC(N)=O)NC(=O)C(C(C)CC)NC1=O. The molecule has 330 valence electrons. The largest absolute Gasteiger partial charge is 0.370 e. The number of fused-ring (bicyclic) bond motifs is 1. The van der Waals surface area contributed by atoms with E-state index in [0.29, 0.717) is 19.3 Å². The zero-order valence-corrected chi connectivity index (χ0v) is 36.1. The van der Waals surface area contributed by atoms with Gasteiger partial charge in [0.1, 0.15) is 36.3 Å². The predicted octanol–water partition coefficient (Wildman–Crippen LogP) is 0.352. The maximum atomic E-state index is 14.2. The van der Waals surface area contributed by atoms with Crippen molar-refractivity contribution in [2.24, 2.45) is 29.0 Å². The van der Waals surface area contributed by atoms with Gasteiger partial charge in [-0.3, -0.25) is 38.4 Å². The van der Waals surface area contributed by atoms with Crippen LogP contribution in [-0.4, -0.2) is 114 Å². The summed E-state index contributed by atoms with van der Waals surface area (Å²) in [6.45, 7) is 7.40. The maximum absolute atomic E-state index is 14.2. The Balaban J connectivity index is 2.05. The van der Waals surface area contributed by atoms with E-state index in [9.17, 15) is 38.4 Å². The third-order valence-corrected chi connectivity index (χ3v) is 12.0. The van der Waals surface area contributed by atoms with Gasteiger partial charge in [0.2, 0.25) is 47.3 Å². The number of rotatable bonds is 14. The molecule has 18 heteroatoms. The van der Waals surface area contributed by atoms with Gasteiger partial charge in [-0.25, -0.2) is 0 Å². The molecule has 0 bridgehead atoms. The number of nitrogens with one attached hydrogen (secondary N) is 5. The minimum atomic E-state index is -1.55. The van der Waals surface area contributed by atoms with Crippen LogP contribution in [0.1, 0.15) is 78.2 Å². The van der Waals surface area contributed by atoms with E-state index >= 15 is 0 Å². The van der Waals surface area contributed by atoms with Crippen LogP contribution in [0.3, 0.4) is 0 Å². The first-order valence-corrected chi connectivity index (χ1v) is 21.8. The standard InChI is InChI=1S/C42H63N9O8S/c1-6-24(3)35-40(57)48-31(23-33(44)52)38(55)47-29(42(59)51(5)32(37(45)54)13-10-18-43)16-19-60-20-17-34(53)46-30(39(56)49-36(25(4)7-2)41(58)50-35)22-26-14-15-27-11-8-9-12-28(27)21-26/h8-9,11-12,14-15,21,24-25,29-32,35-36H,6-7,10,13,16-20,22-23,43H2,1-5H3,(H2,44,52)(H2,45,54)(H,46,53)(H,47,55)(H,48,57)(H,49,56)(H,50,58). The first-order valence-electron chi connectivity index (χ1n) is 20.6. The lowest BCUT2D eigenvalue weighted by Crippen LogP contribution is -2.62. The van der Waals surface area contributed by atoms with Gasteiger partial charge in [0.05, 0.1) is 6.42 Å². The highest BCUT2D eigenvalue weighted by atomic mass is 32.2. The second-order valence-electron chi connectivity index (χ2n) is 15.5. The number of thioether (sulfide) groups is 1. The molecular weight excluding hydrogens is 791 g/mol. The summed E-state index contributed by atoms with van der Waals surface area (Å²) < 4.78 is 0. The Morgan fingerprint density at radius 3 is 1.98 bits per heavy atom. The van der Waals surface area contributed by atoms with E-state index in [2.05, 4.69) is 26.6 Å². The summed E-state index contributed by atoms with van der Waals surface area (Å²) in [5.74, 6) is -6.08. The first-order chi connectivity index (χ1) is 28.5. The van der Waals surface area contributed by atoms with Crippen LogP contribution in [0.5, 0.6) is 0 Å². The summed E-state index contributed by atoms with van der Waals surface area (Å²) >= 11 is 1.31. The van der Waals surface area contributed by atoms with Gasteiger partial charge < -0.3 is 48.7 Å². The van der Waals surface area contributed by atoms with Crippen molar-refractivity contribution in [2.75, 3.05) is 25.1 Å². The van der Waals surface area contributed by atoms with Crippen LogP contribution in [0.25, 0.3) is 10.8 Å². The van der Waals surface area contributed by atoms with Gasteiger partial charge in [-0.1, -0.05) is 83.0 Å². The number of primary amides is 2. The summed E-state index contributed by atoms with van der Waals surface area (Å²) in [4.78, 5) is 109. The topological polar surface area (TPSA) is 278 Å². The molecule has 2 aromatic rings. The molecule has 11 N–H and O–H groups in total. The highest BCUT2D eigenvalue weighted by Crippen LogP contribution is 2.19. The zero-order valence-electron chi connectivity index (χ0n) is 35.3. The van der Waals surface area contributed by atoms with E-state index in [-0.39, 0.29) is 43.7 Å². The Morgan fingerprint density at radius 2 is 1.38 bits per heavy atom. The van der Waals surface area contributed by atoms with E-state index in [1.807, 2.05) is 49.4 Å². The van der Waals surface area contributed by atoms with Gasteiger partial charge in [-0.05, 0) is 59.7 Å². The summed E-state index contributed by atoms with van der Waals surface area (Å²) in [5.41, 5.74) is 17.6. The van der Waals surface area contributed by atoms with E-state index in [1.54, 1.807) is 20.8 Å². The van der Waals surface area contributed by atoms with Crippen molar-refractivity contribution in [3.8, 4) is 0 Å². The van der Waals surface area contributed by atoms with Crippen LogP contribution in [0.4, 0.5) is 0 Å². The summed E-state index contributed by atoms with van der Waals surface area (Å²) in [6.07, 6.45) is 0.970. The lowest BCUT2D eigenvalue weighted by Gasteiger charge is -2.32. The number of carbonyl (C=O) groups is 8. The van der Waals surface area contributed by atoms with E-state index in [0.717, 1.165) is 21.2 Å². The van der Waals surface area contributed by atoms with Crippen LogP contribution >= 0.6 is 11.8 Å². The van der Waals surface area contributed by atoms with Gasteiger partial charge in [-0.15, -0.1) is 0 Å². The quantitative estimate of drug-likeness (QED) is 0.129. The van der Waals surface area contributed by atoms with Gasteiger partial charge in [-0.2, -0.15) is 11.8 Å². The zero-order chi connectivity index (χ0) is 44.5. The lowest BCUT2D eigenvalue weighted by atomic mass is 9.94. The summed E-state index contributed by atoms with van der Waals surface area (Å²) in [5, 5.41) is 15.6. The molecule has 0 aliphatic carbocycles. The van der Waals surface area contributed by atoms with Crippen LogP contribution < -0.4 is 43.8 Å². The molecule has 17 nitrogen and oxygen atoms in total. The van der Waals surface area contributed by atoms with Crippen LogP contribution in [0.15, 0.2) is 42.5 Å². The average Bonchev–Trinajstić information content (AvgIpc) is 3.21. The normalized spacial score (nSPS) is 23.1. The minimum Gasteiger partial charge on any atom is -0.370 e. The molecular formula is C42H63N9O8S. The van der Waals surface area contributed by atoms with Crippen molar-refractivity contribution in [3.63, 3.8) is 0 Å². The fraction of sp³-hybridized carbons (Fsp3) is 0.571. The molecule has 2 aromatic carbocycles. The molecule has 0 aromatic heterocycles. The molecule has 60 heavy (non-hydrogen) atoms. The molecule has 8 atom stereocenters. The van der Waals surface area contributed by atoms with Crippen molar-refractivity contribution in [1.82, 2.24) is 31.5 Å². The Labute approximate surface area is 356 Å². The number of amides is 8. The Kier molecular flexibility index (Phi) is 19.8. The van der Waals surface area contributed by atoms with E-state index in [4.69, 9.17) is 17.2 Å². The number of nitrogens with zero attached hydrogens (tertiary/aromatic N) is 1. The highest BCUT2D eigenvalue weighted by molar-refractivity contribution is 7.99. The molecule has 0 spiro atoms. The van der Waals surface area contributed by atoms with E-state index < -0.39 is 102 Å². The van der Waals surface area contributed by atoms with Crippen LogP contribution in [-0.2, 0) is 44.8 Å². The molecule has 1 fully saturated rings. The van der Waals surface area contributed by atoms with Crippen LogP contribution in [0, 0.1) is 11.8 Å². The van der Waals surface area contributed by atoms with Crippen molar-refractivity contribution in [1.29, 1.82) is 0 Å². The molecule has 1 saturated heterocycles. The highest BCUT2D eigenvalue weighted by Gasteiger charge is 2.37. The van der Waals surface area contributed by atoms with Crippen molar-refractivity contribution in [2.45, 2.75) is 115 Å². The number of benzene rings is 2. The van der Waals surface area contributed by atoms with Crippen molar-refractivity contribution >= 4 is 69.8 Å². The minimum absolute atomic E-state index is 0.00153. The molecule has 8 amide bonds. The Bertz CT molecular complexity index is 1850. The first kappa shape index (κ1) is 49.1. The fourth-order valence-corrected chi connectivity index (χ4v) is 7.82. The number of hydrogen-bond acceptors (Lipinski definition) is 10. The van der Waals surface area contributed by atoms with Crippen molar-refractivity contribution in [3.05, 3.63) is 48.0 Å². The average molecular weight is 854 g/mol. The number of carbonyl (C=O) groups excluding carboxylic acids is 8. The fourth-order valence-electron chi connectivity index (χ4n) is 6.89. The lowest BCUT2D eigenvalue weighted by molar-refractivity contribution is -0.142. The molecule has 0 radical (unpaired) electrons. The van der Waals surface area contributed by atoms with Gasteiger partial charge in [0.25, 0.3) is 0 Å². The second-order valence-corrected chi connectivity index (χ2v) is 16.7. The molecule has 1 heterocycles. The number of likely N-dealkylation sites (N-methyl/N-ethyl adjacent to an activating group) is 1. The summed E-state index contributed by atoms with van der Waals surface area (Å²) in [6, 6.07) is 6.25. The second kappa shape index (κ2) is 24.1. The van der Waals surface area contributed by atoms with Gasteiger partial charge in [0, 0.05) is 25.6 Å². The number of hydrogen-bond donors (Lipinski definition) is 8. The predicted molar refractivity (Wildman–Crippen MR) is 231 cm³/mol. The number of nitrogens with two attached hydrogens (primary N) is 3. The van der Waals surface area contributed by atoms with Crippen LogP contribution in [0.2, 0.25) is 0 Å². The summed E-state index contributed by atoms with van der Waals surface area (Å²) in [7, 11) is 1.38. The smallest absolute Gasteiger partial charge is 0.245 e. The molecule has 1 aliphatic rings. The maximum Gasteiger partial charge on any atom is 0.245 e. The molecule has 8 unspecified atom stereocenters. The van der Waals surface area contributed by atoms with Gasteiger partial charge >= 0.3 is 0 Å².